The maximum Gasteiger partial charge on any atom is 0.192 e. The zero-order chi connectivity index (χ0) is 9.78. The van der Waals surface area contributed by atoms with Crippen molar-refractivity contribution in [2.24, 2.45) is 0 Å². The van der Waals surface area contributed by atoms with Crippen LogP contribution in [0.15, 0.2) is 0 Å². The van der Waals surface area contributed by atoms with Gasteiger partial charge in [-0.05, 0) is 20.8 Å². The first kappa shape index (κ1) is 11.6. The van der Waals surface area contributed by atoms with Crippen molar-refractivity contribution in [3.05, 3.63) is 0 Å². The standard InChI is InChI=1S/C8H16O4/c1-6(12-5-4-9)7(10)8(2,3)11/h6,9,11H,4-5H2,1-3H3. The van der Waals surface area contributed by atoms with Gasteiger partial charge in [-0.1, -0.05) is 0 Å². The molecule has 1 atom stereocenters. The summed E-state index contributed by atoms with van der Waals surface area (Å²) < 4.78 is 4.92. The largest absolute Gasteiger partial charge is 0.394 e. The molecule has 0 bridgehead atoms. The molecule has 2 N–H and O–H groups in total. The molecule has 12 heavy (non-hydrogen) atoms. The van der Waals surface area contributed by atoms with Gasteiger partial charge in [0, 0.05) is 0 Å². The highest BCUT2D eigenvalue weighted by atomic mass is 16.5. The molecule has 0 aromatic heterocycles. The molecule has 4 nitrogen and oxygen atoms in total. The zero-order valence-electron chi connectivity index (χ0n) is 7.70. The van der Waals surface area contributed by atoms with Gasteiger partial charge >= 0.3 is 0 Å². The quantitative estimate of drug-likeness (QED) is 0.604. The van der Waals surface area contributed by atoms with Crippen LogP contribution in [0.5, 0.6) is 0 Å². The second-order valence-corrected chi connectivity index (χ2v) is 3.16. The van der Waals surface area contributed by atoms with Crippen LogP contribution in [0.25, 0.3) is 0 Å². The number of ether oxygens (including phenoxy) is 1. The lowest BCUT2D eigenvalue weighted by atomic mass is 10.0. The van der Waals surface area contributed by atoms with Crippen LogP contribution in [0, 0.1) is 0 Å². The molecule has 1 unspecified atom stereocenters. The first-order valence-corrected chi connectivity index (χ1v) is 3.88. The molecule has 0 aliphatic rings. The first-order chi connectivity index (χ1) is 5.39. The lowest BCUT2D eigenvalue weighted by Gasteiger charge is -2.20. The number of hydrogen-bond donors (Lipinski definition) is 2. The fourth-order valence-electron chi connectivity index (χ4n) is 0.803. The lowest BCUT2D eigenvalue weighted by molar-refractivity contribution is -0.145. The Kier molecular flexibility index (Phi) is 4.37. The van der Waals surface area contributed by atoms with E-state index in [0.717, 1.165) is 0 Å². The SMILES string of the molecule is CC(OCCO)C(=O)C(C)(C)O. The van der Waals surface area contributed by atoms with E-state index in [0.29, 0.717) is 0 Å². The molecule has 0 saturated carbocycles. The van der Waals surface area contributed by atoms with Gasteiger partial charge in [0.05, 0.1) is 13.2 Å². The van der Waals surface area contributed by atoms with Crippen molar-refractivity contribution in [2.75, 3.05) is 13.2 Å². The molecule has 0 aromatic rings. The fourth-order valence-corrected chi connectivity index (χ4v) is 0.803. The average molecular weight is 176 g/mol. The highest BCUT2D eigenvalue weighted by Gasteiger charge is 2.28. The number of carbonyl (C=O) groups is 1. The van der Waals surface area contributed by atoms with E-state index in [1.807, 2.05) is 0 Å². The second kappa shape index (κ2) is 4.54. The summed E-state index contributed by atoms with van der Waals surface area (Å²) in [6, 6.07) is 0. The van der Waals surface area contributed by atoms with Gasteiger partial charge in [-0.15, -0.1) is 0 Å². The summed E-state index contributed by atoms with van der Waals surface area (Å²) in [4.78, 5) is 11.2. The molecule has 0 heterocycles. The third-order valence-corrected chi connectivity index (χ3v) is 1.43. The highest BCUT2D eigenvalue weighted by molar-refractivity contribution is 5.89. The molecular formula is C8H16O4. The maximum atomic E-state index is 11.2. The van der Waals surface area contributed by atoms with Gasteiger partial charge in [-0.25, -0.2) is 0 Å². The summed E-state index contributed by atoms with van der Waals surface area (Å²) in [7, 11) is 0. The van der Waals surface area contributed by atoms with E-state index in [1.165, 1.54) is 13.8 Å². The highest BCUT2D eigenvalue weighted by Crippen LogP contribution is 2.08. The molecule has 0 amide bonds. The smallest absolute Gasteiger partial charge is 0.192 e. The number of Topliss-reactive ketones (excluding diaryl/α,β-unsaturated/α-hetero) is 1. The Bertz CT molecular complexity index is 148. The lowest BCUT2D eigenvalue weighted by Crippen LogP contribution is -2.40. The number of ketones is 1. The topological polar surface area (TPSA) is 66.8 Å². The van der Waals surface area contributed by atoms with Crippen LogP contribution in [0.1, 0.15) is 20.8 Å². The summed E-state index contributed by atoms with van der Waals surface area (Å²) in [5.41, 5.74) is -1.37. The van der Waals surface area contributed by atoms with E-state index in [4.69, 9.17) is 9.84 Å². The Balaban J connectivity index is 3.94. The van der Waals surface area contributed by atoms with Crippen molar-refractivity contribution in [2.45, 2.75) is 32.5 Å². The molecule has 72 valence electrons. The third-order valence-electron chi connectivity index (χ3n) is 1.43. The normalized spacial score (nSPS) is 14.4. The Morgan fingerprint density at radius 2 is 2.08 bits per heavy atom. The molecule has 4 heteroatoms. The van der Waals surface area contributed by atoms with E-state index < -0.39 is 11.7 Å². The van der Waals surface area contributed by atoms with Crippen LogP contribution < -0.4 is 0 Å². The number of rotatable bonds is 5. The van der Waals surface area contributed by atoms with Gasteiger partial charge in [0.2, 0.25) is 0 Å². The van der Waals surface area contributed by atoms with Crippen LogP contribution in [0.4, 0.5) is 0 Å². The molecule has 0 saturated heterocycles. The van der Waals surface area contributed by atoms with E-state index in [-0.39, 0.29) is 19.0 Å². The number of aliphatic hydroxyl groups excluding tert-OH is 1. The monoisotopic (exact) mass is 176 g/mol. The van der Waals surface area contributed by atoms with Crippen LogP contribution in [0.3, 0.4) is 0 Å². The van der Waals surface area contributed by atoms with Gasteiger partial charge < -0.3 is 14.9 Å². The predicted molar refractivity (Wildman–Crippen MR) is 43.8 cm³/mol. The summed E-state index contributed by atoms with van der Waals surface area (Å²) in [5, 5.41) is 17.7. The Labute approximate surface area is 72.2 Å². The minimum atomic E-state index is -1.37. The Hall–Kier alpha value is -0.450. The molecule has 0 rings (SSSR count). The number of hydrogen-bond acceptors (Lipinski definition) is 4. The summed E-state index contributed by atoms with van der Waals surface area (Å²) >= 11 is 0. The van der Waals surface area contributed by atoms with E-state index >= 15 is 0 Å². The molecule has 0 fully saturated rings. The minimum absolute atomic E-state index is 0.114. The predicted octanol–water partition coefficient (Wildman–Crippen LogP) is -0.276. The molecule has 0 spiro atoms. The Morgan fingerprint density at radius 3 is 2.42 bits per heavy atom. The molecule has 0 aliphatic heterocycles. The van der Waals surface area contributed by atoms with Gasteiger partial charge in [0.25, 0.3) is 0 Å². The summed E-state index contributed by atoms with van der Waals surface area (Å²) in [6.45, 7) is 4.37. The molecular weight excluding hydrogens is 160 g/mol. The van der Waals surface area contributed by atoms with Crippen molar-refractivity contribution in [3.8, 4) is 0 Å². The van der Waals surface area contributed by atoms with E-state index in [1.54, 1.807) is 6.92 Å². The number of carbonyl (C=O) groups excluding carboxylic acids is 1. The molecule has 0 aromatic carbocycles. The molecule has 0 radical (unpaired) electrons. The van der Waals surface area contributed by atoms with E-state index in [9.17, 15) is 9.90 Å². The summed E-state index contributed by atoms with van der Waals surface area (Å²) in [6.07, 6.45) is -0.669. The van der Waals surface area contributed by atoms with Crippen LogP contribution in [-0.4, -0.2) is 40.9 Å². The van der Waals surface area contributed by atoms with Crippen LogP contribution >= 0.6 is 0 Å². The Morgan fingerprint density at radius 1 is 1.58 bits per heavy atom. The minimum Gasteiger partial charge on any atom is -0.394 e. The van der Waals surface area contributed by atoms with Crippen LogP contribution in [0.2, 0.25) is 0 Å². The average Bonchev–Trinajstić information content (AvgIpc) is 1.97. The maximum absolute atomic E-state index is 11.2. The van der Waals surface area contributed by atoms with Crippen molar-refractivity contribution in [1.82, 2.24) is 0 Å². The third kappa shape index (κ3) is 3.80. The van der Waals surface area contributed by atoms with E-state index in [2.05, 4.69) is 0 Å². The van der Waals surface area contributed by atoms with Crippen LogP contribution in [-0.2, 0) is 9.53 Å². The van der Waals surface area contributed by atoms with Crippen molar-refractivity contribution < 1.29 is 19.7 Å². The summed E-state index contributed by atoms with van der Waals surface area (Å²) in [5.74, 6) is -0.379. The second-order valence-electron chi connectivity index (χ2n) is 3.16. The van der Waals surface area contributed by atoms with Crippen molar-refractivity contribution in [1.29, 1.82) is 0 Å². The van der Waals surface area contributed by atoms with Gasteiger partial charge in [0.1, 0.15) is 11.7 Å². The van der Waals surface area contributed by atoms with Crippen molar-refractivity contribution in [3.63, 3.8) is 0 Å². The first-order valence-electron chi connectivity index (χ1n) is 3.88. The van der Waals surface area contributed by atoms with Gasteiger partial charge in [-0.2, -0.15) is 0 Å². The number of aliphatic hydroxyl groups is 2. The zero-order valence-corrected chi connectivity index (χ0v) is 7.70. The van der Waals surface area contributed by atoms with Gasteiger partial charge in [-0.3, -0.25) is 4.79 Å². The van der Waals surface area contributed by atoms with Gasteiger partial charge in [0.15, 0.2) is 5.78 Å². The molecule has 0 aliphatic carbocycles. The van der Waals surface area contributed by atoms with Crippen molar-refractivity contribution >= 4 is 5.78 Å². The fraction of sp³-hybridized carbons (Fsp3) is 0.875.